The molecule has 1 aliphatic carbocycles. The SMILES string of the molecule is N[C@H](c1cccc(S)c1O)C1CC1. The predicted molar refractivity (Wildman–Crippen MR) is 55.0 cm³/mol. The number of benzene rings is 1. The summed E-state index contributed by atoms with van der Waals surface area (Å²) in [5, 5.41) is 9.69. The van der Waals surface area contributed by atoms with Gasteiger partial charge in [0.25, 0.3) is 0 Å². The van der Waals surface area contributed by atoms with E-state index < -0.39 is 0 Å². The quantitative estimate of drug-likeness (QED) is 0.633. The highest BCUT2D eigenvalue weighted by Crippen LogP contribution is 2.42. The van der Waals surface area contributed by atoms with Crippen molar-refractivity contribution in [1.29, 1.82) is 0 Å². The van der Waals surface area contributed by atoms with E-state index in [2.05, 4.69) is 12.6 Å². The lowest BCUT2D eigenvalue weighted by Gasteiger charge is -2.13. The molecule has 70 valence electrons. The summed E-state index contributed by atoms with van der Waals surface area (Å²) in [5.41, 5.74) is 6.80. The molecule has 0 heterocycles. The van der Waals surface area contributed by atoms with Crippen LogP contribution in [0.15, 0.2) is 23.1 Å². The van der Waals surface area contributed by atoms with Gasteiger partial charge in [-0.1, -0.05) is 12.1 Å². The summed E-state index contributed by atoms with van der Waals surface area (Å²) in [6, 6.07) is 5.49. The molecule has 3 N–H and O–H groups in total. The maximum Gasteiger partial charge on any atom is 0.133 e. The van der Waals surface area contributed by atoms with Crippen LogP contribution in [-0.4, -0.2) is 5.11 Å². The third-order valence-corrected chi connectivity index (χ3v) is 2.90. The fourth-order valence-corrected chi connectivity index (χ4v) is 1.74. The van der Waals surface area contributed by atoms with Gasteiger partial charge in [0.15, 0.2) is 0 Å². The van der Waals surface area contributed by atoms with E-state index in [1.54, 1.807) is 6.07 Å². The summed E-state index contributed by atoms with van der Waals surface area (Å²) >= 11 is 4.15. The topological polar surface area (TPSA) is 46.2 Å². The first-order valence-corrected chi connectivity index (χ1v) is 4.91. The van der Waals surface area contributed by atoms with Crippen molar-refractivity contribution >= 4 is 12.6 Å². The van der Waals surface area contributed by atoms with E-state index in [-0.39, 0.29) is 11.8 Å². The van der Waals surface area contributed by atoms with Crippen molar-refractivity contribution in [3.63, 3.8) is 0 Å². The molecule has 0 saturated heterocycles. The summed E-state index contributed by atoms with van der Waals surface area (Å²) < 4.78 is 0. The zero-order chi connectivity index (χ0) is 9.42. The summed E-state index contributed by atoms with van der Waals surface area (Å²) in [6.45, 7) is 0. The van der Waals surface area contributed by atoms with Crippen LogP contribution in [0.2, 0.25) is 0 Å². The van der Waals surface area contributed by atoms with E-state index in [1.807, 2.05) is 12.1 Å². The van der Waals surface area contributed by atoms with Crippen LogP contribution in [0.1, 0.15) is 24.4 Å². The lowest BCUT2D eigenvalue weighted by Crippen LogP contribution is -2.12. The van der Waals surface area contributed by atoms with E-state index in [0.29, 0.717) is 10.8 Å². The van der Waals surface area contributed by atoms with Crippen LogP contribution in [0.3, 0.4) is 0 Å². The van der Waals surface area contributed by atoms with Crippen LogP contribution in [0.25, 0.3) is 0 Å². The van der Waals surface area contributed by atoms with Crippen LogP contribution in [0.5, 0.6) is 5.75 Å². The Hall–Kier alpha value is -0.670. The Morgan fingerprint density at radius 1 is 1.46 bits per heavy atom. The molecule has 0 aromatic heterocycles. The first-order valence-electron chi connectivity index (χ1n) is 4.46. The van der Waals surface area contributed by atoms with Gasteiger partial charge >= 0.3 is 0 Å². The molecular weight excluding hydrogens is 182 g/mol. The van der Waals surface area contributed by atoms with Crippen LogP contribution < -0.4 is 5.73 Å². The molecule has 1 aliphatic rings. The van der Waals surface area contributed by atoms with E-state index in [4.69, 9.17) is 5.73 Å². The molecule has 0 spiro atoms. The second kappa shape index (κ2) is 3.24. The Morgan fingerprint density at radius 3 is 2.77 bits per heavy atom. The highest BCUT2D eigenvalue weighted by molar-refractivity contribution is 7.80. The molecule has 0 aliphatic heterocycles. The van der Waals surface area contributed by atoms with Gasteiger partial charge in [-0.25, -0.2) is 0 Å². The fourth-order valence-electron chi connectivity index (χ4n) is 1.53. The molecular formula is C10H13NOS. The van der Waals surface area contributed by atoms with Gasteiger partial charge in [0, 0.05) is 16.5 Å². The van der Waals surface area contributed by atoms with Crippen molar-refractivity contribution in [3.8, 4) is 5.75 Å². The number of thiol groups is 1. The third kappa shape index (κ3) is 1.67. The predicted octanol–water partition coefficient (Wildman–Crippen LogP) is 2.09. The van der Waals surface area contributed by atoms with Gasteiger partial charge in [0.1, 0.15) is 5.75 Å². The summed E-state index contributed by atoms with van der Waals surface area (Å²) in [7, 11) is 0. The van der Waals surface area contributed by atoms with Crippen molar-refractivity contribution < 1.29 is 5.11 Å². The van der Waals surface area contributed by atoms with Crippen molar-refractivity contribution in [2.75, 3.05) is 0 Å². The van der Waals surface area contributed by atoms with Gasteiger partial charge < -0.3 is 10.8 Å². The van der Waals surface area contributed by atoms with E-state index in [9.17, 15) is 5.11 Å². The average Bonchev–Trinajstić information content (AvgIpc) is 2.91. The molecule has 1 saturated carbocycles. The lowest BCUT2D eigenvalue weighted by molar-refractivity contribution is 0.444. The zero-order valence-corrected chi connectivity index (χ0v) is 8.17. The second-order valence-electron chi connectivity index (χ2n) is 3.58. The number of aromatic hydroxyl groups is 1. The number of hydrogen-bond acceptors (Lipinski definition) is 3. The van der Waals surface area contributed by atoms with Crippen molar-refractivity contribution in [3.05, 3.63) is 23.8 Å². The first-order chi connectivity index (χ1) is 6.20. The molecule has 0 radical (unpaired) electrons. The molecule has 0 bridgehead atoms. The normalized spacial score (nSPS) is 18.6. The highest BCUT2D eigenvalue weighted by Gasteiger charge is 2.31. The molecule has 2 nitrogen and oxygen atoms in total. The lowest BCUT2D eigenvalue weighted by atomic mass is 10.0. The number of para-hydroxylation sites is 1. The molecule has 0 unspecified atom stereocenters. The van der Waals surface area contributed by atoms with Gasteiger partial charge in [-0.3, -0.25) is 0 Å². The molecule has 1 atom stereocenters. The Balaban J connectivity index is 2.32. The Morgan fingerprint density at radius 2 is 2.15 bits per heavy atom. The largest absolute Gasteiger partial charge is 0.506 e. The zero-order valence-electron chi connectivity index (χ0n) is 7.27. The maximum absolute atomic E-state index is 9.69. The summed E-state index contributed by atoms with van der Waals surface area (Å²) in [4.78, 5) is 0.605. The molecule has 13 heavy (non-hydrogen) atoms. The summed E-state index contributed by atoms with van der Waals surface area (Å²) in [5.74, 6) is 0.797. The Kier molecular flexibility index (Phi) is 2.22. The number of phenolic OH excluding ortho intramolecular Hbond substituents is 1. The van der Waals surface area contributed by atoms with Gasteiger partial charge in [0.05, 0.1) is 0 Å². The van der Waals surface area contributed by atoms with Gasteiger partial charge in [-0.2, -0.15) is 0 Å². The van der Waals surface area contributed by atoms with Crippen molar-refractivity contribution in [1.82, 2.24) is 0 Å². The van der Waals surface area contributed by atoms with Gasteiger partial charge in [-0.15, -0.1) is 12.6 Å². The first kappa shape index (κ1) is 8.91. The van der Waals surface area contributed by atoms with Crippen LogP contribution in [0, 0.1) is 5.92 Å². The molecule has 1 aromatic rings. The van der Waals surface area contributed by atoms with E-state index in [0.717, 1.165) is 5.56 Å². The number of nitrogens with two attached hydrogens (primary N) is 1. The van der Waals surface area contributed by atoms with E-state index >= 15 is 0 Å². The molecule has 3 heteroatoms. The van der Waals surface area contributed by atoms with Gasteiger partial charge in [-0.05, 0) is 24.8 Å². The molecule has 0 amide bonds. The van der Waals surface area contributed by atoms with Crippen LogP contribution in [-0.2, 0) is 0 Å². The van der Waals surface area contributed by atoms with Crippen LogP contribution in [0.4, 0.5) is 0 Å². The van der Waals surface area contributed by atoms with Crippen molar-refractivity contribution in [2.24, 2.45) is 11.7 Å². The van der Waals surface area contributed by atoms with Crippen molar-refractivity contribution in [2.45, 2.75) is 23.8 Å². The van der Waals surface area contributed by atoms with Crippen LogP contribution >= 0.6 is 12.6 Å². The Labute approximate surface area is 83.2 Å². The van der Waals surface area contributed by atoms with Gasteiger partial charge in [0.2, 0.25) is 0 Å². The third-order valence-electron chi connectivity index (χ3n) is 2.53. The summed E-state index contributed by atoms with van der Waals surface area (Å²) in [6.07, 6.45) is 2.36. The van der Waals surface area contributed by atoms with E-state index in [1.165, 1.54) is 12.8 Å². The maximum atomic E-state index is 9.69. The second-order valence-corrected chi connectivity index (χ2v) is 4.06. The number of hydrogen-bond donors (Lipinski definition) is 3. The smallest absolute Gasteiger partial charge is 0.133 e. The standard InChI is InChI=1S/C10H13NOS/c11-9(6-4-5-6)7-2-1-3-8(13)10(7)12/h1-3,6,9,12-13H,4-5,11H2/t9-/m0/s1. The minimum Gasteiger partial charge on any atom is -0.506 e. The molecule has 1 fully saturated rings. The minimum atomic E-state index is -0.0212. The monoisotopic (exact) mass is 195 g/mol. The molecule has 1 aromatic carbocycles. The Bertz CT molecular complexity index is 323. The number of rotatable bonds is 2. The molecule has 2 rings (SSSR count). The highest BCUT2D eigenvalue weighted by atomic mass is 32.1. The average molecular weight is 195 g/mol. The number of phenols is 1. The fraction of sp³-hybridized carbons (Fsp3) is 0.400. The minimum absolute atomic E-state index is 0.0212.